The van der Waals surface area contributed by atoms with Gasteiger partial charge in [-0.2, -0.15) is 0 Å². The number of rotatable bonds is 11. The maximum absolute atomic E-state index is 12.6. The van der Waals surface area contributed by atoms with Crippen LogP contribution in [0.1, 0.15) is 106 Å². The molecule has 5 aliphatic heterocycles. The maximum Gasteiger partial charge on any atom is 0.331 e. The van der Waals surface area contributed by atoms with Gasteiger partial charge in [-0.25, -0.2) is 4.79 Å². The van der Waals surface area contributed by atoms with Crippen LogP contribution in [-0.2, 0) is 57.0 Å². The van der Waals surface area contributed by atoms with E-state index in [1.165, 1.54) is 13.0 Å². The van der Waals surface area contributed by atoms with Crippen LogP contribution in [0.25, 0.3) is 0 Å². The van der Waals surface area contributed by atoms with Crippen molar-refractivity contribution in [2.45, 2.75) is 234 Å². The Morgan fingerprint density at radius 3 is 1.91 bits per heavy atom. The molecule has 398 valence electrons. The molecule has 5 unspecified atom stereocenters. The molecule has 0 aromatic rings. The van der Waals surface area contributed by atoms with Crippen LogP contribution in [0, 0.1) is 34.5 Å². The maximum atomic E-state index is 12.6. The van der Waals surface area contributed by atoms with Crippen LogP contribution >= 0.6 is 0 Å². The topological polar surface area (TPSA) is 309 Å². The minimum Gasteiger partial charge on any atom is -0.459 e. The smallest absolute Gasteiger partial charge is 0.331 e. The summed E-state index contributed by atoms with van der Waals surface area (Å²) >= 11 is 0. The summed E-state index contributed by atoms with van der Waals surface area (Å²) < 4.78 is 59.9. The van der Waals surface area contributed by atoms with E-state index in [4.69, 9.17) is 47.4 Å². The summed E-state index contributed by atoms with van der Waals surface area (Å²) in [4.78, 5) is 24.2. The van der Waals surface area contributed by atoms with Crippen LogP contribution < -0.4 is 0 Å². The van der Waals surface area contributed by atoms with E-state index in [0.29, 0.717) is 12.0 Å². The van der Waals surface area contributed by atoms with E-state index in [1.54, 1.807) is 20.8 Å². The third-order valence-electron chi connectivity index (χ3n) is 18.3. The van der Waals surface area contributed by atoms with Crippen molar-refractivity contribution in [3.05, 3.63) is 11.6 Å². The van der Waals surface area contributed by atoms with Gasteiger partial charge in [-0.05, 0) is 88.0 Å². The highest BCUT2D eigenvalue weighted by Crippen LogP contribution is 2.70. The largest absolute Gasteiger partial charge is 0.459 e. The molecule has 70 heavy (non-hydrogen) atoms. The Kier molecular flexibility index (Phi) is 15.3. The van der Waals surface area contributed by atoms with E-state index in [1.807, 2.05) is 6.92 Å². The molecule has 9 aliphatic rings. The van der Waals surface area contributed by atoms with Crippen molar-refractivity contribution in [3.8, 4) is 0 Å². The highest BCUT2D eigenvalue weighted by Gasteiger charge is 2.73. The van der Waals surface area contributed by atoms with Crippen molar-refractivity contribution in [1.82, 2.24) is 0 Å². The number of hydrogen-bond acceptors (Lipinski definition) is 21. The lowest BCUT2D eigenvalue weighted by Gasteiger charge is -2.65. The fourth-order valence-electron chi connectivity index (χ4n) is 14.7. The van der Waals surface area contributed by atoms with Gasteiger partial charge in [-0.3, -0.25) is 4.79 Å². The highest BCUT2D eigenvalue weighted by atomic mass is 16.8. The quantitative estimate of drug-likeness (QED) is 0.0938. The Balaban J connectivity index is 0.756. The number of aliphatic hydroxyl groups excluding tert-OH is 8. The first-order chi connectivity index (χ1) is 33.1. The van der Waals surface area contributed by atoms with Gasteiger partial charge in [0.2, 0.25) is 0 Å². The Labute approximate surface area is 407 Å². The minimum atomic E-state index is -1.69. The number of aliphatic hydroxyl groups is 9. The van der Waals surface area contributed by atoms with Gasteiger partial charge in [0.15, 0.2) is 25.2 Å². The predicted molar refractivity (Wildman–Crippen MR) is 236 cm³/mol. The molecule has 21 heteroatoms. The van der Waals surface area contributed by atoms with Crippen molar-refractivity contribution in [2.75, 3.05) is 13.2 Å². The highest BCUT2D eigenvalue weighted by molar-refractivity contribution is 5.85. The summed E-state index contributed by atoms with van der Waals surface area (Å²) in [6.07, 6.45) is -14.3. The number of carbonyl (C=O) groups excluding carboxylic acids is 2. The summed E-state index contributed by atoms with van der Waals surface area (Å²) in [5.41, 5.74) is -1.92. The lowest BCUT2D eigenvalue weighted by atomic mass is 9.42. The fraction of sp³-hybridized carbons (Fsp3) is 0.918. The number of fused-ring (bicyclic) bond motifs is 5. The van der Waals surface area contributed by atoms with Gasteiger partial charge in [-0.1, -0.05) is 13.8 Å². The Hall–Kier alpha value is -2.00. The fourth-order valence-corrected chi connectivity index (χ4v) is 14.7. The number of hydrogen-bond donors (Lipinski definition) is 9. The number of cyclic esters (lactones) is 1. The zero-order valence-corrected chi connectivity index (χ0v) is 40.8. The number of carbonyl (C=O) groups is 2. The monoisotopic (exact) mass is 1000 g/mol. The summed E-state index contributed by atoms with van der Waals surface area (Å²) in [6.45, 7) is 9.87. The summed E-state index contributed by atoms with van der Waals surface area (Å²) in [7, 11) is 0. The van der Waals surface area contributed by atoms with Crippen molar-refractivity contribution < 1.29 is 103 Å². The molecule has 8 fully saturated rings. The summed E-state index contributed by atoms with van der Waals surface area (Å²) in [5, 5.41) is 99.5. The first kappa shape index (κ1) is 52.8. The molecule has 27 atom stereocenters. The Morgan fingerprint density at radius 2 is 1.33 bits per heavy atom. The van der Waals surface area contributed by atoms with Gasteiger partial charge in [0.05, 0.1) is 61.0 Å². The van der Waals surface area contributed by atoms with Gasteiger partial charge < -0.3 is 93.3 Å². The SMILES string of the molecule is CC(=O)O[C@H]1C[C@H](O[C@H]2[C@@H](O)C[C@H](O[C@H]3[C@@H](O)C[C@H](OC4CC[C@@]5(C)C(CC[C@@H]6[C@@H]5CC(O)[C@]5(C)[C@@H](C7=CC(=O)OC7)C(O)CC65O)C4)O[C@@H]3C)O[C@@H]2C)O[C@H](C)[C@H]1O[C@@H]1O[C@H](CO)[C@@H](O)[C@H](O)[C@H]1O. The molecule has 0 spiro atoms. The molecular weight excluding hydrogens is 925 g/mol. The van der Waals surface area contributed by atoms with E-state index in [0.717, 1.165) is 32.1 Å². The van der Waals surface area contributed by atoms with Crippen molar-refractivity contribution >= 4 is 11.9 Å². The van der Waals surface area contributed by atoms with E-state index < -0.39 is 152 Å². The predicted octanol–water partition coefficient (Wildman–Crippen LogP) is -0.416. The summed E-state index contributed by atoms with van der Waals surface area (Å²) in [5.74, 6) is -1.55. The molecule has 9 rings (SSSR count). The molecule has 0 aromatic heterocycles. The van der Waals surface area contributed by atoms with Crippen molar-refractivity contribution in [1.29, 1.82) is 0 Å². The lowest BCUT2D eigenvalue weighted by Crippen LogP contribution is -2.67. The third kappa shape index (κ3) is 9.43. The standard InChI is InChI=1S/C49H76O21/c1-20-43(68-37-15-30(53)44(21(2)63-37)69-38-16-32(65-23(4)51)45(22(3)64-38)70-46-42(59)41(58)40(57)33(18-50)67-46)29(52)14-36(62-20)66-26-9-10-47(5)25(12-26)7-8-27-28(47)13-34(55)48(6)39(24-11-35(56)61-19-24)31(54)17-49(27,48)60/h11,20-22,25-34,36-46,50,52-55,57-60H,7-10,12-19H2,1-6H3/t20-,21-,22-,25?,26?,27-,28+,29+,30+,31?,32+,33-,34?,36+,37+,38+,39+,40-,41+,42-,43-,44-,45-,46+,47+,48-,49?/m1/s1. The van der Waals surface area contributed by atoms with Crippen molar-refractivity contribution in [2.24, 2.45) is 34.5 Å². The third-order valence-corrected chi connectivity index (χ3v) is 18.3. The second kappa shape index (κ2) is 20.3. The lowest BCUT2D eigenvalue weighted by molar-refractivity contribution is -0.355. The van der Waals surface area contributed by atoms with Gasteiger partial charge in [0.25, 0.3) is 0 Å². The first-order valence-corrected chi connectivity index (χ1v) is 25.4. The molecule has 0 radical (unpaired) electrons. The molecule has 4 aliphatic carbocycles. The van der Waals surface area contributed by atoms with Gasteiger partial charge in [0, 0.05) is 50.0 Å². The summed E-state index contributed by atoms with van der Waals surface area (Å²) in [6, 6.07) is 0. The van der Waals surface area contributed by atoms with Crippen molar-refractivity contribution in [3.63, 3.8) is 0 Å². The van der Waals surface area contributed by atoms with Crippen LogP contribution in [-0.4, -0.2) is 200 Å². The van der Waals surface area contributed by atoms with Crippen LogP contribution in [0.3, 0.4) is 0 Å². The van der Waals surface area contributed by atoms with Gasteiger partial charge in [-0.15, -0.1) is 0 Å². The first-order valence-electron chi connectivity index (χ1n) is 25.4. The zero-order chi connectivity index (χ0) is 50.4. The van der Waals surface area contributed by atoms with E-state index in [9.17, 15) is 55.5 Å². The Bertz CT molecular complexity index is 1880. The van der Waals surface area contributed by atoms with Gasteiger partial charge in [0.1, 0.15) is 55.4 Å². The van der Waals surface area contributed by atoms with Crippen LogP contribution in [0.5, 0.6) is 0 Å². The second-order valence-electron chi connectivity index (χ2n) is 22.4. The van der Waals surface area contributed by atoms with Crippen LogP contribution in [0.15, 0.2) is 11.6 Å². The normalized spacial score (nSPS) is 53.8. The molecule has 0 aromatic carbocycles. The average molecular weight is 1000 g/mol. The molecule has 0 amide bonds. The van der Waals surface area contributed by atoms with Crippen LogP contribution in [0.2, 0.25) is 0 Å². The molecule has 4 saturated carbocycles. The van der Waals surface area contributed by atoms with Gasteiger partial charge >= 0.3 is 11.9 Å². The molecule has 4 saturated heterocycles. The van der Waals surface area contributed by atoms with E-state index in [2.05, 4.69) is 6.92 Å². The van der Waals surface area contributed by atoms with E-state index >= 15 is 0 Å². The molecule has 9 N–H and O–H groups in total. The van der Waals surface area contributed by atoms with E-state index in [-0.39, 0.29) is 61.6 Å². The molecule has 0 bridgehead atoms. The number of ether oxygens (including phenoxy) is 10. The molecule has 21 nitrogen and oxygen atoms in total. The zero-order valence-electron chi connectivity index (χ0n) is 40.8. The number of esters is 2. The van der Waals surface area contributed by atoms with Crippen LogP contribution in [0.4, 0.5) is 0 Å². The molecule has 5 heterocycles. The minimum absolute atomic E-state index is 0.0175. The second-order valence-corrected chi connectivity index (χ2v) is 22.4. The molecular formula is C49H76O21. The average Bonchev–Trinajstić information content (AvgIpc) is 3.80. The Morgan fingerprint density at radius 1 is 0.714 bits per heavy atom.